The summed E-state index contributed by atoms with van der Waals surface area (Å²) in [7, 11) is 0. The lowest BCUT2D eigenvalue weighted by Gasteiger charge is -2.46. The standard InChI is InChI=1S/C101H99BN4/c1-96(2,3)71-51-70(52-72(55-71)97(4,5)6)69-48-50-84-89(54-69)106(95-81(67-41-29-22-30-42-67)58-74(99(10,11)12)59-82(95)85-60-75(100(13,14)15)61-92(103-85)101(16,17)18)91-63-76(104-86-45-33-31-43-77(86)78-44-32-34-46-87(78)104)62-90-93(91)102(84)83-49-47-68(64-35-23-19-24-36-64)53-88(83)105(90)94-79(65-37-25-20-26-38-65)56-73(98(7,8)9)57-80(94)66-39-27-21-28-40-66/h19-63H,1-18H3/i19D,23D,24D,31D,32D,33D,34D,35D,36D,43D,44D,45D,46D. The Hall–Kier alpha value is -10.7. The third-order valence-corrected chi connectivity index (χ3v) is 21.5. The molecule has 0 amide bonds. The van der Waals surface area contributed by atoms with Gasteiger partial charge in [-0.3, -0.25) is 4.98 Å². The Morgan fingerprint density at radius 1 is 0.302 bits per heavy atom. The monoisotopic (exact) mass is 1390 g/mol. The molecule has 0 fully saturated rings. The van der Waals surface area contributed by atoms with Crippen LogP contribution < -0.4 is 26.2 Å². The van der Waals surface area contributed by atoms with E-state index in [1.54, 1.807) is 4.57 Å². The summed E-state index contributed by atoms with van der Waals surface area (Å²) in [6.45, 7) is 39.3. The normalized spacial score (nSPS) is 15.0. The number of benzene rings is 12. The summed E-state index contributed by atoms with van der Waals surface area (Å²) in [6.07, 6.45) is 0. The van der Waals surface area contributed by atoms with Crippen LogP contribution in [0, 0.1) is 0 Å². The fourth-order valence-electron chi connectivity index (χ4n) is 15.5. The van der Waals surface area contributed by atoms with Gasteiger partial charge >= 0.3 is 0 Å². The minimum absolute atomic E-state index is 0.00686. The molecule has 2 aliphatic heterocycles. The van der Waals surface area contributed by atoms with Crippen LogP contribution in [0.2, 0.25) is 0 Å². The topological polar surface area (TPSA) is 24.3 Å². The van der Waals surface area contributed by atoms with Gasteiger partial charge in [0.2, 0.25) is 0 Å². The quantitative estimate of drug-likeness (QED) is 0.135. The molecule has 526 valence electrons. The highest BCUT2D eigenvalue weighted by molar-refractivity contribution is 7.00. The Balaban J connectivity index is 1.22. The lowest BCUT2D eigenvalue weighted by atomic mass is 9.33. The first-order valence-corrected chi connectivity index (χ1v) is 37.1. The van der Waals surface area contributed by atoms with Crippen LogP contribution in [0.4, 0.5) is 34.1 Å². The number of fused-ring (bicyclic) bond motifs is 7. The molecule has 0 saturated carbocycles. The molecule has 0 radical (unpaired) electrons. The molecular formula is C101H99BN4. The lowest BCUT2D eigenvalue weighted by Crippen LogP contribution is -2.61. The fourth-order valence-corrected chi connectivity index (χ4v) is 15.5. The van der Waals surface area contributed by atoms with Crippen molar-refractivity contribution in [2.45, 2.75) is 157 Å². The molecule has 0 aliphatic carbocycles. The van der Waals surface area contributed by atoms with E-state index >= 15 is 0 Å². The molecular weight excluding hydrogens is 1280 g/mol. The van der Waals surface area contributed by atoms with E-state index in [0.29, 0.717) is 28.3 Å². The number of anilines is 6. The Kier molecular flexibility index (Phi) is 13.4. The van der Waals surface area contributed by atoms with E-state index in [1.165, 1.54) is 0 Å². The number of rotatable bonds is 9. The molecule has 0 saturated heterocycles. The first-order chi connectivity index (χ1) is 55.8. The Bertz CT molecular complexity index is 6360. The van der Waals surface area contributed by atoms with Crippen LogP contribution in [-0.4, -0.2) is 16.3 Å². The van der Waals surface area contributed by atoms with Crippen LogP contribution in [0.5, 0.6) is 0 Å². The van der Waals surface area contributed by atoms with Crippen molar-refractivity contribution in [3.8, 4) is 72.6 Å². The van der Waals surface area contributed by atoms with Crippen LogP contribution in [0.1, 0.15) is 176 Å². The highest BCUT2D eigenvalue weighted by atomic mass is 15.2. The summed E-state index contributed by atoms with van der Waals surface area (Å²) in [5.74, 6) is 0. The van der Waals surface area contributed by atoms with Gasteiger partial charge in [0.05, 0.1) is 51.6 Å². The van der Waals surface area contributed by atoms with Crippen molar-refractivity contribution in [1.29, 1.82) is 0 Å². The molecule has 2 aromatic heterocycles. The molecule has 0 atom stereocenters. The van der Waals surface area contributed by atoms with E-state index in [1.807, 2.05) is 60.7 Å². The van der Waals surface area contributed by atoms with E-state index in [2.05, 4.69) is 268 Å². The number of aromatic nitrogens is 2. The average molecular weight is 1390 g/mol. The van der Waals surface area contributed by atoms with Gasteiger partial charge in [-0.2, -0.15) is 0 Å². The number of hydrogen-bond acceptors (Lipinski definition) is 3. The zero-order valence-electron chi connectivity index (χ0n) is 77.3. The van der Waals surface area contributed by atoms with Gasteiger partial charge in [-0.1, -0.05) is 325 Å². The Morgan fingerprint density at radius 3 is 1.10 bits per heavy atom. The number of nitrogens with zero attached hydrogens (tertiary/aromatic N) is 4. The van der Waals surface area contributed by atoms with Gasteiger partial charge in [-0.05, 0) is 183 Å². The van der Waals surface area contributed by atoms with Crippen LogP contribution in [0.25, 0.3) is 94.4 Å². The van der Waals surface area contributed by atoms with Crippen molar-refractivity contribution in [2.24, 2.45) is 0 Å². The van der Waals surface area contributed by atoms with Crippen LogP contribution in [0.3, 0.4) is 0 Å². The SMILES string of the molecule is [2H]c1c([2H])c([2H])c(-c2ccc3c(c2)N(c2c(-c4ccccc4)cc(C(C)(C)C)cc2-c2ccccc2)c2cc(-n4c5c([2H])c([2H])c([2H])c([2H])c5c5c([2H])c([2H])c([2H])c([2H])c54)cc4c2B3c2ccc(-c3cc(C(C)(C)C)cc(C(C)(C)C)c3)cc2N4c2c(-c3ccccc3)cc(C(C)(C)C)cc2-c2cc(C(C)(C)C)cc(C(C)(C)C)n2)c([2H])c1[2H]. The van der Waals surface area contributed by atoms with Crippen LogP contribution >= 0.6 is 0 Å². The van der Waals surface area contributed by atoms with Crippen molar-refractivity contribution in [2.75, 3.05) is 9.80 Å². The number of hydrogen-bond donors (Lipinski definition) is 0. The van der Waals surface area contributed by atoms with E-state index in [4.69, 9.17) is 6.35 Å². The molecule has 0 unspecified atom stereocenters. The second-order valence-electron chi connectivity index (χ2n) is 35.2. The fraction of sp³-hybridized carbons (Fsp3) is 0.238. The molecule has 0 bridgehead atoms. The van der Waals surface area contributed by atoms with Crippen molar-refractivity contribution in [1.82, 2.24) is 9.55 Å². The maximum Gasteiger partial charge on any atom is 0.252 e. The van der Waals surface area contributed by atoms with Crippen molar-refractivity contribution >= 4 is 79.0 Å². The van der Waals surface area contributed by atoms with Crippen LogP contribution in [0.15, 0.2) is 273 Å². The molecule has 2 aliphatic rings. The second kappa shape index (κ2) is 25.5. The molecule has 5 heteroatoms. The summed E-state index contributed by atoms with van der Waals surface area (Å²) < 4.78 is 127. The lowest BCUT2D eigenvalue weighted by molar-refractivity contribution is 0.553. The minimum Gasteiger partial charge on any atom is -0.310 e. The van der Waals surface area contributed by atoms with Gasteiger partial charge in [-0.25, -0.2) is 0 Å². The average Bonchev–Trinajstić information content (AvgIpc) is 1.64. The molecule has 4 heterocycles. The largest absolute Gasteiger partial charge is 0.310 e. The molecule has 106 heavy (non-hydrogen) atoms. The second-order valence-corrected chi connectivity index (χ2v) is 35.2. The van der Waals surface area contributed by atoms with Crippen LogP contribution in [-0.2, 0) is 32.5 Å². The molecule has 4 nitrogen and oxygen atoms in total. The third-order valence-electron chi connectivity index (χ3n) is 21.5. The van der Waals surface area contributed by atoms with E-state index in [9.17, 15) is 16.4 Å². The molecule has 16 rings (SSSR count). The van der Waals surface area contributed by atoms with Gasteiger partial charge in [0, 0.05) is 66.9 Å². The Labute approximate surface area is 648 Å². The zero-order chi connectivity index (χ0) is 85.6. The van der Waals surface area contributed by atoms with E-state index < -0.39 is 89.4 Å². The molecule has 12 aromatic carbocycles. The van der Waals surface area contributed by atoms with Gasteiger partial charge in [-0.15, -0.1) is 0 Å². The Morgan fingerprint density at radius 2 is 0.679 bits per heavy atom. The zero-order valence-corrected chi connectivity index (χ0v) is 64.3. The predicted molar refractivity (Wildman–Crippen MR) is 457 cm³/mol. The summed E-state index contributed by atoms with van der Waals surface area (Å²) >= 11 is 0. The first kappa shape index (κ1) is 55.7. The summed E-state index contributed by atoms with van der Waals surface area (Å²) in [4.78, 5) is 10.5. The van der Waals surface area contributed by atoms with Crippen molar-refractivity contribution < 1.29 is 17.8 Å². The van der Waals surface area contributed by atoms with E-state index in [-0.39, 0.29) is 61.4 Å². The summed E-state index contributed by atoms with van der Waals surface area (Å²) in [6, 6.07) is 61.8. The van der Waals surface area contributed by atoms with E-state index in [0.717, 1.165) is 117 Å². The highest BCUT2D eigenvalue weighted by Gasteiger charge is 2.47. The maximum atomic E-state index is 10.3. The first-order valence-electron chi connectivity index (χ1n) is 43.6. The predicted octanol–water partition coefficient (Wildman–Crippen LogP) is 26.0. The van der Waals surface area contributed by atoms with Crippen molar-refractivity contribution in [3.63, 3.8) is 0 Å². The smallest absolute Gasteiger partial charge is 0.252 e. The third kappa shape index (κ3) is 12.4. The minimum atomic E-state index is -0.741. The highest BCUT2D eigenvalue weighted by Crippen LogP contribution is 2.56. The summed E-state index contributed by atoms with van der Waals surface area (Å²) in [5.41, 5.74) is 19.4. The molecule has 14 aromatic rings. The number of pyridine rings is 1. The van der Waals surface area contributed by atoms with Crippen molar-refractivity contribution in [3.05, 3.63) is 306 Å². The maximum absolute atomic E-state index is 10.3. The van der Waals surface area contributed by atoms with Gasteiger partial charge in [0.1, 0.15) is 0 Å². The van der Waals surface area contributed by atoms with Gasteiger partial charge < -0.3 is 14.4 Å². The number of para-hydroxylation sites is 2. The molecule has 0 spiro atoms. The van der Waals surface area contributed by atoms with Gasteiger partial charge in [0.25, 0.3) is 6.71 Å². The van der Waals surface area contributed by atoms with Gasteiger partial charge in [0.15, 0.2) is 0 Å². The molecule has 0 N–H and O–H groups in total. The summed E-state index contributed by atoms with van der Waals surface area (Å²) in [5, 5.41) is -0.180.